The van der Waals surface area contributed by atoms with Crippen LogP contribution in [-0.2, 0) is 16.0 Å². The van der Waals surface area contributed by atoms with E-state index in [0.29, 0.717) is 24.6 Å². The zero-order chi connectivity index (χ0) is 21.3. The number of amides is 2. The zero-order valence-electron chi connectivity index (χ0n) is 16.3. The summed E-state index contributed by atoms with van der Waals surface area (Å²) in [4.78, 5) is 28.2. The largest absolute Gasteiger partial charge is 0.478 e. The van der Waals surface area contributed by atoms with Gasteiger partial charge in [-0.25, -0.2) is 4.39 Å². The van der Waals surface area contributed by atoms with Crippen molar-refractivity contribution in [2.75, 3.05) is 0 Å². The lowest BCUT2D eigenvalue weighted by Gasteiger charge is -2.15. The predicted octanol–water partition coefficient (Wildman–Crippen LogP) is 2.81. The number of benzene rings is 2. The number of hydrazine groups is 1. The molecule has 0 saturated carbocycles. The van der Waals surface area contributed by atoms with Gasteiger partial charge >= 0.3 is 0 Å². The van der Waals surface area contributed by atoms with Gasteiger partial charge in [-0.3, -0.25) is 20.4 Å². The zero-order valence-corrected chi connectivity index (χ0v) is 16.3. The Hall–Kier alpha value is -3.75. The van der Waals surface area contributed by atoms with E-state index < -0.39 is 17.8 Å². The fourth-order valence-electron chi connectivity index (χ4n) is 2.54. The fraction of sp³-hybridized carbons (Fsp3) is 0.238. The number of aryl methyl sites for hydroxylation is 1. The van der Waals surface area contributed by atoms with E-state index in [1.807, 2.05) is 30.3 Å². The van der Waals surface area contributed by atoms with Gasteiger partial charge in [-0.05, 0) is 25.5 Å². The van der Waals surface area contributed by atoms with Gasteiger partial charge in [-0.15, -0.1) is 0 Å². The Morgan fingerprint density at radius 3 is 2.60 bits per heavy atom. The van der Waals surface area contributed by atoms with Gasteiger partial charge in [0.05, 0.1) is 0 Å². The molecule has 0 aliphatic heterocycles. The highest BCUT2D eigenvalue weighted by atomic mass is 19.1. The van der Waals surface area contributed by atoms with Gasteiger partial charge in [0.2, 0.25) is 17.6 Å². The highest BCUT2D eigenvalue weighted by Gasteiger charge is 2.17. The van der Waals surface area contributed by atoms with Crippen LogP contribution in [0.5, 0.6) is 5.75 Å². The van der Waals surface area contributed by atoms with Gasteiger partial charge < -0.3 is 9.26 Å². The first kappa shape index (κ1) is 21.0. The number of nitrogens with zero attached hydrogens (tertiary/aromatic N) is 2. The monoisotopic (exact) mass is 412 g/mol. The maximum Gasteiger partial charge on any atom is 0.279 e. The van der Waals surface area contributed by atoms with Crippen LogP contribution in [0.15, 0.2) is 59.1 Å². The Bertz CT molecular complexity index is 993. The molecule has 2 aromatic carbocycles. The molecule has 0 aliphatic rings. The molecular weight excluding hydrogens is 391 g/mol. The van der Waals surface area contributed by atoms with Gasteiger partial charge in [0, 0.05) is 18.4 Å². The van der Waals surface area contributed by atoms with Crippen LogP contribution in [0.1, 0.15) is 25.7 Å². The quantitative estimate of drug-likeness (QED) is 0.551. The molecule has 30 heavy (non-hydrogen) atoms. The predicted molar refractivity (Wildman–Crippen MR) is 105 cm³/mol. The summed E-state index contributed by atoms with van der Waals surface area (Å²) in [5.41, 5.74) is 5.41. The average Bonchev–Trinajstić information content (AvgIpc) is 3.23. The number of nitrogens with one attached hydrogen (secondary N) is 2. The summed E-state index contributed by atoms with van der Waals surface area (Å²) in [6, 6.07) is 15.2. The molecule has 1 atom stereocenters. The second-order valence-electron chi connectivity index (χ2n) is 6.46. The van der Waals surface area contributed by atoms with E-state index in [1.54, 1.807) is 6.07 Å². The van der Waals surface area contributed by atoms with E-state index in [9.17, 15) is 14.0 Å². The van der Waals surface area contributed by atoms with Crippen LogP contribution >= 0.6 is 0 Å². The minimum Gasteiger partial charge on any atom is -0.478 e. The third-order valence-electron chi connectivity index (χ3n) is 4.13. The summed E-state index contributed by atoms with van der Waals surface area (Å²) < 4.78 is 24.0. The van der Waals surface area contributed by atoms with E-state index in [0.717, 1.165) is 5.56 Å². The summed E-state index contributed by atoms with van der Waals surface area (Å²) in [6.07, 6.45) is 0.0382. The van der Waals surface area contributed by atoms with Crippen molar-refractivity contribution in [3.8, 4) is 17.1 Å². The maximum atomic E-state index is 13.6. The van der Waals surface area contributed by atoms with Crippen molar-refractivity contribution in [2.24, 2.45) is 0 Å². The average molecular weight is 412 g/mol. The van der Waals surface area contributed by atoms with Crippen molar-refractivity contribution < 1.29 is 23.2 Å². The molecule has 0 spiro atoms. The molecule has 1 unspecified atom stereocenters. The number of carbonyl (C=O) groups excluding carboxylic acids is 2. The van der Waals surface area contributed by atoms with Gasteiger partial charge in [0.15, 0.2) is 17.7 Å². The second-order valence-corrected chi connectivity index (χ2v) is 6.46. The molecule has 0 saturated heterocycles. The van der Waals surface area contributed by atoms with E-state index in [-0.39, 0.29) is 18.1 Å². The number of carbonyl (C=O) groups is 2. The number of para-hydroxylation sites is 1. The van der Waals surface area contributed by atoms with Crippen LogP contribution in [-0.4, -0.2) is 28.1 Å². The third-order valence-corrected chi connectivity index (χ3v) is 4.13. The highest BCUT2D eigenvalue weighted by Crippen LogP contribution is 2.17. The third kappa shape index (κ3) is 5.87. The fourth-order valence-corrected chi connectivity index (χ4v) is 2.54. The van der Waals surface area contributed by atoms with Crippen LogP contribution in [0.25, 0.3) is 11.4 Å². The van der Waals surface area contributed by atoms with E-state index in [1.165, 1.54) is 25.1 Å². The molecule has 1 heterocycles. The van der Waals surface area contributed by atoms with Gasteiger partial charge in [0.25, 0.3) is 5.91 Å². The lowest BCUT2D eigenvalue weighted by Crippen LogP contribution is -2.47. The molecule has 1 aromatic heterocycles. The Kier molecular flexibility index (Phi) is 7.09. The number of rotatable bonds is 8. The van der Waals surface area contributed by atoms with E-state index in [4.69, 9.17) is 9.26 Å². The molecule has 2 amide bonds. The van der Waals surface area contributed by atoms with Gasteiger partial charge in [0.1, 0.15) is 0 Å². The SMILES string of the molecule is CC(Oc1ccccc1F)C(=O)NNC(=O)CCCc1nc(-c2ccccc2)no1. The van der Waals surface area contributed by atoms with Crippen LogP contribution in [0.2, 0.25) is 0 Å². The van der Waals surface area contributed by atoms with Crippen LogP contribution in [0.4, 0.5) is 4.39 Å². The van der Waals surface area contributed by atoms with E-state index in [2.05, 4.69) is 21.0 Å². The number of ether oxygens (including phenoxy) is 1. The molecule has 0 fully saturated rings. The minimum atomic E-state index is -0.989. The molecule has 0 radical (unpaired) electrons. The number of hydrogen-bond acceptors (Lipinski definition) is 6. The lowest BCUT2D eigenvalue weighted by molar-refractivity contribution is -0.132. The minimum absolute atomic E-state index is 0.0408. The highest BCUT2D eigenvalue weighted by molar-refractivity contribution is 5.84. The molecule has 2 N–H and O–H groups in total. The first-order valence-electron chi connectivity index (χ1n) is 9.41. The molecule has 0 aliphatic carbocycles. The molecule has 156 valence electrons. The first-order chi connectivity index (χ1) is 14.5. The summed E-state index contributed by atoms with van der Waals surface area (Å²) in [6.45, 7) is 1.45. The molecular formula is C21H21FN4O4. The summed E-state index contributed by atoms with van der Waals surface area (Å²) >= 11 is 0. The smallest absolute Gasteiger partial charge is 0.279 e. The Morgan fingerprint density at radius 2 is 1.83 bits per heavy atom. The Labute approximate surface area is 172 Å². The molecule has 9 heteroatoms. The lowest BCUT2D eigenvalue weighted by atomic mass is 10.2. The van der Waals surface area contributed by atoms with Crippen LogP contribution in [0, 0.1) is 5.82 Å². The van der Waals surface area contributed by atoms with Crippen LogP contribution in [0.3, 0.4) is 0 Å². The summed E-state index contributed by atoms with van der Waals surface area (Å²) in [7, 11) is 0. The molecule has 3 aromatic rings. The second kappa shape index (κ2) is 10.1. The van der Waals surface area contributed by atoms with Crippen molar-refractivity contribution in [1.82, 2.24) is 21.0 Å². The molecule has 8 nitrogen and oxygen atoms in total. The van der Waals surface area contributed by atoms with Gasteiger partial charge in [-0.1, -0.05) is 47.6 Å². The summed E-state index contributed by atoms with van der Waals surface area (Å²) in [5.74, 6) is -0.678. The topological polar surface area (TPSA) is 106 Å². The Morgan fingerprint density at radius 1 is 1.10 bits per heavy atom. The molecule has 3 rings (SSSR count). The summed E-state index contributed by atoms with van der Waals surface area (Å²) in [5, 5.41) is 3.92. The number of halogens is 1. The van der Waals surface area contributed by atoms with Crippen molar-refractivity contribution >= 4 is 11.8 Å². The normalized spacial score (nSPS) is 11.5. The Balaban J connectivity index is 1.37. The van der Waals surface area contributed by atoms with Crippen molar-refractivity contribution in [3.05, 3.63) is 66.3 Å². The maximum absolute atomic E-state index is 13.6. The number of hydrogen-bond donors (Lipinski definition) is 2. The van der Waals surface area contributed by atoms with Crippen molar-refractivity contribution in [2.45, 2.75) is 32.3 Å². The van der Waals surface area contributed by atoms with Crippen LogP contribution < -0.4 is 15.6 Å². The molecule has 0 bridgehead atoms. The van der Waals surface area contributed by atoms with Crippen molar-refractivity contribution in [3.63, 3.8) is 0 Å². The first-order valence-corrected chi connectivity index (χ1v) is 9.41. The van der Waals surface area contributed by atoms with Gasteiger partial charge in [-0.2, -0.15) is 4.98 Å². The standard InChI is InChI=1S/C21H21FN4O4/c1-14(29-17-11-6-5-10-16(17)22)21(28)25-24-18(27)12-7-13-19-23-20(26-30-19)15-8-3-2-4-9-15/h2-6,8-11,14H,7,12-13H2,1H3,(H,24,27)(H,25,28). The van der Waals surface area contributed by atoms with Crippen molar-refractivity contribution in [1.29, 1.82) is 0 Å². The van der Waals surface area contributed by atoms with E-state index >= 15 is 0 Å². The number of aromatic nitrogens is 2.